The smallest absolute Gasteiger partial charge is 0.305 e. The predicted molar refractivity (Wildman–Crippen MR) is 68.0 cm³/mol. The zero-order valence-corrected chi connectivity index (χ0v) is 10.3. The number of nitro groups is 1. The predicted octanol–water partition coefficient (Wildman–Crippen LogP) is 2.19. The number of aliphatic carboxylic acids is 1. The standard InChI is InChI=1S/C12H15N3O4/c16-11(17)8-12(4-1-2-5-12)14-10-7-9(15(18)19)3-6-13-10/h3,6-7H,1-2,4-5,8H2,(H,13,14)(H,16,17). The summed E-state index contributed by atoms with van der Waals surface area (Å²) in [6.07, 6.45) is 4.74. The van der Waals surface area contributed by atoms with Gasteiger partial charge in [0.05, 0.1) is 17.4 Å². The molecule has 19 heavy (non-hydrogen) atoms. The molecule has 102 valence electrons. The molecular formula is C12H15N3O4. The molecule has 0 atom stereocenters. The zero-order valence-electron chi connectivity index (χ0n) is 10.3. The fourth-order valence-electron chi connectivity index (χ4n) is 2.56. The van der Waals surface area contributed by atoms with Gasteiger partial charge < -0.3 is 10.4 Å². The molecule has 7 nitrogen and oxygen atoms in total. The van der Waals surface area contributed by atoms with E-state index in [9.17, 15) is 14.9 Å². The molecule has 0 radical (unpaired) electrons. The Morgan fingerprint density at radius 2 is 2.21 bits per heavy atom. The molecule has 1 fully saturated rings. The van der Waals surface area contributed by atoms with Crippen LogP contribution >= 0.6 is 0 Å². The third-order valence-electron chi connectivity index (χ3n) is 3.40. The van der Waals surface area contributed by atoms with Gasteiger partial charge in [0.15, 0.2) is 0 Å². The van der Waals surface area contributed by atoms with Crippen LogP contribution in [0.4, 0.5) is 11.5 Å². The highest BCUT2D eigenvalue weighted by molar-refractivity contribution is 5.69. The Bertz CT molecular complexity index is 498. The second-order valence-corrected chi connectivity index (χ2v) is 4.84. The van der Waals surface area contributed by atoms with E-state index in [0.717, 1.165) is 25.7 Å². The number of nitrogens with one attached hydrogen (secondary N) is 1. The van der Waals surface area contributed by atoms with Crippen molar-refractivity contribution in [3.05, 3.63) is 28.4 Å². The third-order valence-corrected chi connectivity index (χ3v) is 3.40. The molecule has 2 rings (SSSR count). The van der Waals surface area contributed by atoms with Gasteiger partial charge in [-0.3, -0.25) is 14.9 Å². The van der Waals surface area contributed by atoms with Gasteiger partial charge in [0, 0.05) is 17.8 Å². The van der Waals surface area contributed by atoms with Gasteiger partial charge in [0.25, 0.3) is 5.69 Å². The van der Waals surface area contributed by atoms with E-state index < -0.39 is 16.4 Å². The lowest BCUT2D eigenvalue weighted by atomic mass is 9.93. The molecule has 0 aromatic carbocycles. The van der Waals surface area contributed by atoms with Crippen molar-refractivity contribution in [2.75, 3.05) is 5.32 Å². The molecule has 1 aromatic rings. The van der Waals surface area contributed by atoms with E-state index in [2.05, 4.69) is 10.3 Å². The van der Waals surface area contributed by atoms with Crippen molar-refractivity contribution in [2.24, 2.45) is 0 Å². The van der Waals surface area contributed by atoms with Crippen molar-refractivity contribution in [1.82, 2.24) is 4.98 Å². The molecule has 2 N–H and O–H groups in total. The summed E-state index contributed by atoms with van der Waals surface area (Å²) in [5, 5.41) is 22.8. The molecule has 0 amide bonds. The summed E-state index contributed by atoms with van der Waals surface area (Å²) in [4.78, 5) is 25.2. The Morgan fingerprint density at radius 1 is 1.53 bits per heavy atom. The summed E-state index contributed by atoms with van der Waals surface area (Å²) in [5.41, 5.74) is -0.588. The van der Waals surface area contributed by atoms with Crippen molar-refractivity contribution in [3.63, 3.8) is 0 Å². The van der Waals surface area contributed by atoms with Crippen LogP contribution in [0.25, 0.3) is 0 Å². The molecule has 1 saturated carbocycles. The van der Waals surface area contributed by atoms with E-state index in [-0.39, 0.29) is 12.1 Å². The van der Waals surface area contributed by atoms with Crippen molar-refractivity contribution in [1.29, 1.82) is 0 Å². The lowest BCUT2D eigenvalue weighted by Crippen LogP contribution is -2.37. The Morgan fingerprint density at radius 3 is 2.79 bits per heavy atom. The summed E-state index contributed by atoms with van der Waals surface area (Å²) < 4.78 is 0. The van der Waals surface area contributed by atoms with Gasteiger partial charge in [0.2, 0.25) is 0 Å². The maximum Gasteiger partial charge on any atom is 0.305 e. The molecule has 1 aliphatic carbocycles. The first-order valence-corrected chi connectivity index (χ1v) is 6.11. The SMILES string of the molecule is O=C(O)CC1(Nc2cc([N+](=O)[O-])ccn2)CCCC1. The Balaban J connectivity index is 2.19. The lowest BCUT2D eigenvalue weighted by molar-refractivity contribution is -0.384. The Hall–Kier alpha value is -2.18. The summed E-state index contributed by atoms with van der Waals surface area (Å²) in [5.74, 6) is -0.516. The number of carboxylic acid groups (broad SMARTS) is 1. The van der Waals surface area contributed by atoms with E-state index in [1.54, 1.807) is 0 Å². The Labute approximate surface area is 109 Å². The minimum atomic E-state index is -0.875. The van der Waals surface area contributed by atoms with Crippen LogP contribution in [-0.2, 0) is 4.79 Å². The van der Waals surface area contributed by atoms with Gasteiger partial charge in [0.1, 0.15) is 5.82 Å². The van der Waals surface area contributed by atoms with Crippen LogP contribution in [0.5, 0.6) is 0 Å². The first-order valence-electron chi connectivity index (χ1n) is 6.11. The number of hydrogen-bond donors (Lipinski definition) is 2. The largest absolute Gasteiger partial charge is 0.481 e. The zero-order chi connectivity index (χ0) is 13.9. The topological polar surface area (TPSA) is 105 Å². The van der Waals surface area contributed by atoms with Crippen LogP contribution in [0.3, 0.4) is 0 Å². The number of pyridine rings is 1. The van der Waals surface area contributed by atoms with Crippen LogP contribution in [0, 0.1) is 10.1 Å². The maximum absolute atomic E-state index is 11.0. The monoisotopic (exact) mass is 265 g/mol. The van der Waals surface area contributed by atoms with E-state index >= 15 is 0 Å². The summed E-state index contributed by atoms with van der Waals surface area (Å²) in [6, 6.07) is 2.64. The maximum atomic E-state index is 11.0. The van der Waals surface area contributed by atoms with E-state index in [1.807, 2.05) is 0 Å². The third kappa shape index (κ3) is 3.18. The van der Waals surface area contributed by atoms with Crippen LogP contribution in [-0.4, -0.2) is 26.5 Å². The molecule has 0 aliphatic heterocycles. The summed E-state index contributed by atoms with van der Waals surface area (Å²) in [6.45, 7) is 0. The lowest BCUT2D eigenvalue weighted by Gasteiger charge is -2.29. The summed E-state index contributed by atoms with van der Waals surface area (Å²) >= 11 is 0. The number of carbonyl (C=O) groups is 1. The van der Waals surface area contributed by atoms with Gasteiger partial charge in [-0.25, -0.2) is 4.98 Å². The van der Waals surface area contributed by atoms with Crippen molar-refractivity contribution < 1.29 is 14.8 Å². The molecule has 0 bridgehead atoms. The summed E-state index contributed by atoms with van der Waals surface area (Å²) in [7, 11) is 0. The first kappa shape index (κ1) is 13.3. The van der Waals surface area contributed by atoms with Crippen molar-refractivity contribution >= 4 is 17.5 Å². The number of rotatable bonds is 5. The molecule has 0 spiro atoms. The van der Waals surface area contributed by atoms with Crippen molar-refractivity contribution in [3.8, 4) is 0 Å². The molecule has 0 saturated heterocycles. The average Bonchev–Trinajstić information content (AvgIpc) is 2.76. The van der Waals surface area contributed by atoms with Gasteiger partial charge in [-0.2, -0.15) is 0 Å². The van der Waals surface area contributed by atoms with Crippen LogP contribution in [0.15, 0.2) is 18.3 Å². The Kier molecular flexibility index (Phi) is 3.64. The second-order valence-electron chi connectivity index (χ2n) is 4.84. The first-order chi connectivity index (χ1) is 9.01. The fraction of sp³-hybridized carbons (Fsp3) is 0.500. The number of hydrogen-bond acceptors (Lipinski definition) is 5. The normalized spacial score (nSPS) is 17.1. The van der Waals surface area contributed by atoms with Crippen LogP contribution < -0.4 is 5.32 Å². The van der Waals surface area contributed by atoms with Gasteiger partial charge >= 0.3 is 5.97 Å². The minimum absolute atomic E-state index is 0.00261. The van der Waals surface area contributed by atoms with Crippen molar-refractivity contribution in [2.45, 2.75) is 37.6 Å². The second kappa shape index (κ2) is 5.21. The fourth-order valence-corrected chi connectivity index (χ4v) is 2.56. The van der Waals surface area contributed by atoms with Crippen LogP contribution in [0.1, 0.15) is 32.1 Å². The molecule has 1 aliphatic rings. The minimum Gasteiger partial charge on any atom is -0.481 e. The van der Waals surface area contributed by atoms with Crippen LogP contribution in [0.2, 0.25) is 0 Å². The number of carboxylic acids is 1. The quantitative estimate of drug-likeness (QED) is 0.624. The molecular weight excluding hydrogens is 250 g/mol. The average molecular weight is 265 g/mol. The molecule has 7 heteroatoms. The van der Waals surface area contributed by atoms with E-state index in [4.69, 9.17) is 5.11 Å². The molecule has 1 heterocycles. The van der Waals surface area contributed by atoms with Gasteiger partial charge in [-0.1, -0.05) is 12.8 Å². The molecule has 0 unspecified atom stereocenters. The number of anilines is 1. The highest BCUT2D eigenvalue weighted by atomic mass is 16.6. The van der Waals surface area contributed by atoms with Gasteiger partial charge in [-0.15, -0.1) is 0 Å². The van der Waals surface area contributed by atoms with Gasteiger partial charge in [-0.05, 0) is 12.8 Å². The highest BCUT2D eigenvalue weighted by Gasteiger charge is 2.36. The van der Waals surface area contributed by atoms with E-state index in [1.165, 1.54) is 18.3 Å². The number of aromatic nitrogens is 1. The van der Waals surface area contributed by atoms with E-state index in [0.29, 0.717) is 5.82 Å². The highest BCUT2D eigenvalue weighted by Crippen LogP contribution is 2.35. The molecule has 1 aromatic heterocycles. The number of nitrogens with zero attached hydrogens (tertiary/aromatic N) is 2.